The van der Waals surface area contributed by atoms with Crippen molar-refractivity contribution >= 4 is 40.5 Å². The third kappa shape index (κ3) is 4.75. The molecule has 174 valence electrons. The van der Waals surface area contributed by atoms with Gasteiger partial charge in [-0.15, -0.1) is 0 Å². The number of rotatable bonds is 6. The second-order valence-corrected chi connectivity index (χ2v) is 8.16. The highest BCUT2D eigenvalue weighted by Crippen LogP contribution is 2.32. The van der Waals surface area contributed by atoms with Gasteiger partial charge in [0.2, 0.25) is 5.91 Å². The average Bonchev–Trinajstić information content (AvgIpc) is 2.94. The molecule has 3 aromatic rings. The summed E-state index contributed by atoms with van der Waals surface area (Å²) in [7, 11) is 3.06. The molecule has 8 heteroatoms. The molecule has 0 saturated heterocycles. The Morgan fingerprint density at radius 1 is 1.03 bits per heavy atom. The first-order valence-corrected chi connectivity index (χ1v) is 11.1. The summed E-state index contributed by atoms with van der Waals surface area (Å²) in [5.74, 6) is 0.392. The molecule has 1 atom stereocenters. The van der Waals surface area contributed by atoms with Crippen LogP contribution in [0.3, 0.4) is 0 Å². The summed E-state index contributed by atoms with van der Waals surface area (Å²) in [4.78, 5) is 32.4. The van der Waals surface area contributed by atoms with Gasteiger partial charge in [0.1, 0.15) is 12.6 Å². The molecule has 3 aromatic carbocycles. The lowest BCUT2D eigenvalue weighted by Gasteiger charge is -2.24. The largest absolute Gasteiger partial charge is 0.493 e. The zero-order valence-corrected chi connectivity index (χ0v) is 19.8. The maximum Gasteiger partial charge on any atom is 0.252 e. The van der Waals surface area contributed by atoms with Crippen LogP contribution in [0.5, 0.6) is 11.5 Å². The smallest absolute Gasteiger partial charge is 0.252 e. The van der Waals surface area contributed by atoms with Crippen molar-refractivity contribution in [1.29, 1.82) is 0 Å². The van der Waals surface area contributed by atoms with Crippen LogP contribution in [0, 0.1) is 0 Å². The number of amides is 2. The monoisotopic (exact) mass is 477 g/mol. The van der Waals surface area contributed by atoms with Gasteiger partial charge in [-0.2, -0.15) is 0 Å². The van der Waals surface area contributed by atoms with Gasteiger partial charge in [0.05, 0.1) is 25.6 Å². The van der Waals surface area contributed by atoms with E-state index in [1.165, 1.54) is 19.1 Å². The highest BCUT2D eigenvalue weighted by molar-refractivity contribution is 6.32. The molecule has 0 saturated carbocycles. The molecule has 0 spiro atoms. The van der Waals surface area contributed by atoms with E-state index in [1.807, 2.05) is 30.3 Å². The molecule has 7 nitrogen and oxygen atoms in total. The van der Waals surface area contributed by atoms with E-state index in [-0.39, 0.29) is 18.4 Å². The van der Waals surface area contributed by atoms with Crippen LogP contribution in [0.4, 0.5) is 11.4 Å². The minimum Gasteiger partial charge on any atom is -0.493 e. The molecule has 34 heavy (non-hydrogen) atoms. The van der Waals surface area contributed by atoms with Gasteiger partial charge < -0.3 is 19.7 Å². The van der Waals surface area contributed by atoms with Crippen LogP contribution < -0.4 is 19.7 Å². The van der Waals surface area contributed by atoms with Crippen LogP contribution in [-0.2, 0) is 9.59 Å². The fraction of sp³-hybridized carbons (Fsp3) is 0.192. The third-order valence-corrected chi connectivity index (χ3v) is 5.70. The summed E-state index contributed by atoms with van der Waals surface area (Å²) >= 11 is 6.31. The minimum atomic E-state index is -0.685. The van der Waals surface area contributed by atoms with Crippen LogP contribution in [0.2, 0.25) is 5.02 Å². The van der Waals surface area contributed by atoms with Crippen LogP contribution in [-0.4, -0.2) is 44.3 Å². The van der Waals surface area contributed by atoms with Crippen molar-refractivity contribution in [2.75, 3.05) is 31.0 Å². The van der Waals surface area contributed by atoms with Gasteiger partial charge in [0, 0.05) is 27.9 Å². The number of ether oxygens (including phenoxy) is 2. The van der Waals surface area contributed by atoms with Gasteiger partial charge in [-0.3, -0.25) is 14.6 Å². The SMILES string of the molecule is COc1ccc(NC(=O)CN2C(=O)[C@@H](C)N=C(c3ccccc3)c3cc(Cl)ccc32)cc1OC. The topological polar surface area (TPSA) is 80.2 Å². The number of hydrogen-bond acceptors (Lipinski definition) is 5. The Hall–Kier alpha value is -3.84. The molecule has 1 N–H and O–H groups in total. The number of methoxy groups -OCH3 is 2. The van der Waals surface area contributed by atoms with Gasteiger partial charge in [-0.05, 0) is 37.3 Å². The number of nitrogens with one attached hydrogen (secondary N) is 1. The summed E-state index contributed by atoms with van der Waals surface area (Å²) in [5.41, 5.74) is 3.30. The van der Waals surface area contributed by atoms with Crippen LogP contribution in [0.25, 0.3) is 0 Å². The van der Waals surface area contributed by atoms with E-state index in [2.05, 4.69) is 5.32 Å². The maximum atomic E-state index is 13.3. The fourth-order valence-electron chi connectivity index (χ4n) is 3.84. The highest BCUT2D eigenvalue weighted by Gasteiger charge is 2.31. The first-order chi connectivity index (χ1) is 16.4. The van der Waals surface area contributed by atoms with Crippen LogP contribution in [0.1, 0.15) is 18.1 Å². The highest BCUT2D eigenvalue weighted by atomic mass is 35.5. The molecule has 1 aliphatic rings. The van der Waals surface area contributed by atoms with Gasteiger partial charge in [-0.25, -0.2) is 0 Å². The molecule has 4 rings (SSSR count). The predicted octanol–water partition coefficient (Wildman–Crippen LogP) is 4.57. The van der Waals surface area contributed by atoms with Crippen LogP contribution >= 0.6 is 11.6 Å². The molecule has 0 radical (unpaired) electrons. The molecule has 2 amide bonds. The Bertz CT molecular complexity index is 1260. The number of carbonyl (C=O) groups is 2. The third-order valence-electron chi connectivity index (χ3n) is 5.47. The molecular weight excluding hydrogens is 454 g/mol. The van der Waals surface area contributed by atoms with Crippen molar-refractivity contribution in [2.45, 2.75) is 13.0 Å². The van der Waals surface area contributed by atoms with Crippen molar-refractivity contribution in [3.8, 4) is 11.5 Å². The van der Waals surface area contributed by atoms with E-state index in [9.17, 15) is 9.59 Å². The number of benzene rings is 3. The first kappa shape index (κ1) is 23.3. The van der Waals surface area contributed by atoms with E-state index in [1.54, 1.807) is 43.3 Å². The first-order valence-electron chi connectivity index (χ1n) is 10.7. The Labute approximate surface area is 203 Å². The number of carbonyl (C=O) groups excluding carboxylic acids is 2. The fourth-order valence-corrected chi connectivity index (χ4v) is 4.02. The number of halogens is 1. The normalized spacial score (nSPS) is 15.2. The lowest BCUT2D eigenvalue weighted by atomic mass is 10.00. The summed E-state index contributed by atoms with van der Waals surface area (Å²) < 4.78 is 10.5. The standard InChI is InChI=1S/C26H24ClN3O4/c1-16-26(32)30(15-24(31)29-19-10-12-22(33-2)23(14-19)34-3)21-11-9-18(27)13-20(21)25(28-16)17-7-5-4-6-8-17/h4-14,16H,15H2,1-3H3,(H,29,31)/t16-/m1/s1. The number of fused-ring (bicyclic) bond motifs is 1. The van der Waals surface area contributed by atoms with Crippen LogP contribution in [0.15, 0.2) is 71.7 Å². The quantitative estimate of drug-likeness (QED) is 0.564. The summed E-state index contributed by atoms with van der Waals surface area (Å²) in [5, 5.41) is 3.34. The summed E-state index contributed by atoms with van der Waals surface area (Å²) in [6, 6.07) is 19.2. The Morgan fingerprint density at radius 3 is 2.47 bits per heavy atom. The number of nitrogens with zero attached hydrogens (tertiary/aromatic N) is 2. The van der Waals surface area contributed by atoms with Crippen molar-refractivity contribution < 1.29 is 19.1 Å². The number of aliphatic imine (C=N–C) groups is 1. The van der Waals surface area contributed by atoms with E-state index < -0.39 is 6.04 Å². The molecule has 1 aliphatic heterocycles. The van der Waals surface area contributed by atoms with Crippen molar-refractivity contribution in [1.82, 2.24) is 0 Å². The molecule has 0 bridgehead atoms. The molecule has 0 aliphatic carbocycles. The minimum absolute atomic E-state index is 0.191. The number of benzodiazepines with no additional fused rings is 1. The van der Waals surface area contributed by atoms with Crippen molar-refractivity contribution in [2.24, 2.45) is 4.99 Å². The second kappa shape index (κ2) is 9.97. The molecule has 0 aromatic heterocycles. The van der Waals surface area contributed by atoms with E-state index >= 15 is 0 Å². The number of hydrogen-bond donors (Lipinski definition) is 1. The predicted molar refractivity (Wildman–Crippen MR) is 134 cm³/mol. The Balaban J connectivity index is 1.67. The lowest BCUT2D eigenvalue weighted by Crippen LogP contribution is -2.42. The molecule has 0 unspecified atom stereocenters. The van der Waals surface area contributed by atoms with Crippen molar-refractivity contribution in [3.63, 3.8) is 0 Å². The zero-order valence-electron chi connectivity index (χ0n) is 19.0. The average molecular weight is 478 g/mol. The lowest BCUT2D eigenvalue weighted by molar-refractivity contribution is -0.122. The molecule has 0 fully saturated rings. The Morgan fingerprint density at radius 2 is 1.76 bits per heavy atom. The molecular formula is C26H24ClN3O4. The molecule has 1 heterocycles. The Kier molecular flexibility index (Phi) is 6.84. The van der Waals surface area contributed by atoms with Crippen molar-refractivity contribution in [3.05, 3.63) is 82.9 Å². The van der Waals surface area contributed by atoms with E-state index in [4.69, 9.17) is 26.1 Å². The zero-order chi connectivity index (χ0) is 24.2. The summed E-state index contributed by atoms with van der Waals surface area (Å²) in [6.45, 7) is 1.53. The summed E-state index contributed by atoms with van der Waals surface area (Å²) in [6.07, 6.45) is 0. The van der Waals surface area contributed by atoms with E-state index in [0.717, 1.165) is 5.56 Å². The maximum absolute atomic E-state index is 13.3. The number of anilines is 2. The second-order valence-electron chi connectivity index (χ2n) is 7.72. The van der Waals surface area contributed by atoms with E-state index in [0.29, 0.717) is 39.2 Å². The van der Waals surface area contributed by atoms with Gasteiger partial charge in [-0.1, -0.05) is 41.9 Å². The van der Waals surface area contributed by atoms with Gasteiger partial charge >= 0.3 is 0 Å². The van der Waals surface area contributed by atoms with Gasteiger partial charge in [0.15, 0.2) is 11.5 Å². The van der Waals surface area contributed by atoms with Gasteiger partial charge in [0.25, 0.3) is 5.91 Å².